The van der Waals surface area contributed by atoms with Crippen molar-refractivity contribution in [3.8, 4) is 5.75 Å². The SMILES string of the molecule is CCOc1ccc(CC)cc1C(N)=S. The molecule has 1 rings (SSSR count). The molecule has 2 N–H and O–H groups in total. The number of thiocarbonyl (C=S) groups is 1. The van der Waals surface area contributed by atoms with Crippen molar-refractivity contribution in [2.45, 2.75) is 20.3 Å². The van der Waals surface area contributed by atoms with E-state index in [4.69, 9.17) is 22.7 Å². The van der Waals surface area contributed by atoms with Crippen LogP contribution in [0.15, 0.2) is 18.2 Å². The van der Waals surface area contributed by atoms with Gasteiger partial charge in [-0.15, -0.1) is 0 Å². The maximum absolute atomic E-state index is 5.62. The van der Waals surface area contributed by atoms with Gasteiger partial charge in [0.15, 0.2) is 0 Å². The van der Waals surface area contributed by atoms with E-state index in [9.17, 15) is 0 Å². The summed E-state index contributed by atoms with van der Waals surface area (Å²) in [5.41, 5.74) is 7.67. The zero-order chi connectivity index (χ0) is 10.6. The van der Waals surface area contributed by atoms with E-state index in [-0.39, 0.29) is 0 Å². The Kier molecular flexibility index (Phi) is 3.89. The van der Waals surface area contributed by atoms with Gasteiger partial charge in [-0.25, -0.2) is 0 Å². The predicted molar refractivity (Wildman–Crippen MR) is 62.9 cm³/mol. The Morgan fingerprint density at radius 1 is 1.43 bits per heavy atom. The molecule has 0 saturated heterocycles. The van der Waals surface area contributed by atoms with Gasteiger partial charge in [-0.3, -0.25) is 0 Å². The molecule has 0 aliphatic rings. The first kappa shape index (κ1) is 11.0. The van der Waals surface area contributed by atoms with Gasteiger partial charge >= 0.3 is 0 Å². The lowest BCUT2D eigenvalue weighted by atomic mass is 10.1. The highest BCUT2D eigenvalue weighted by Gasteiger charge is 2.06. The second kappa shape index (κ2) is 4.96. The van der Waals surface area contributed by atoms with Crippen molar-refractivity contribution in [3.63, 3.8) is 0 Å². The summed E-state index contributed by atoms with van der Waals surface area (Å²) in [5.74, 6) is 0.775. The Balaban J connectivity index is 3.10. The largest absolute Gasteiger partial charge is 0.493 e. The van der Waals surface area contributed by atoms with Gasteiger partial charge in [0.05, 0.1) is 12.2 Å². The minimum atomic E-state index is 0.392. The van der Waals surface area contributed by atoms with Crippen LogP contribution in [0.3, 0.4) is 0 Å². The molecule has 0 bridgehead atoms. The first-order valence-electron chi connectivity index (χ1n) is 4.74. The van der Waals surface area contributed by atoms with E-state index < -0.39 is 0 Å². The summed E-state index contributed by atoms with van der Waals surface area (Å²) < 4.78 is 5.43. The van der Waals surface area contributed by atoms with E-state index in [0.29, 0.717) is 11.6 Å². The first-order chi connectivity index (χ1) is 6.69. The minimum absolute atomic E-state index is 0.392. The normalized spacial score (nSPS) is 9.86. The summed E-state index contributed by atoms with van der Waals surface area (Å²) >= 11 is 4.97. The number of hydrogen-bond acceptors (Lipinski definition) is 2. The summed E-state index contributed by atoms with van der Waals surface area (Å²) in [4.78, 5) is 0.392. The number of ether oxygens (including phenoxy) is 1. The fourth-order valence-corrected chi connectivity index (χ4v) is 1.43. The molecular weight excluding hydrogens is 194 g/mol. The summed E-state index contributed by atoms with van der Waals surface area (Å²) in [5, 5.41) is 0. The maximum atomic E-state index is 5.62. The third kappa shape index (κ3) is 2.45. The number of benzene rings is 1. The molecule has 0 radical (unpaired) electrons. The van der Waals surface area contributed by atoms with E-state index >= 15 is 0 Å². The average Bonchev–Trinajstić information content (AvgIpc) is 2.18. The van der Waals surface area contributed by atoms with Crippen LogP contribution in [0.1, 0.15) is 25.0 Å². The van der Waals surface area contributed by atoms with Crippen molar-refractivity contribution >= 4 is 17.2 Å². The van der Waals surface area contributed by atoms with Gasteiger partial charge < -0.3 is 10.5 Å². The fraction of sp³-hybridized carbons (Fsp3) is 0.364. The molecule has 0 atom stereocenters. The quantitative estimate of drug-likeness (QED) is 0.773. The van der Waals surface area contributed by atoms with Crippen LogP contribution < -0.4 is 10.5 Å². The van der Waals surface area contributed by atoms with Crippen LogP contribution in [0.5, 0.6) is 5.75 Å². The Morgan fingerprint density at radius 3 is 2.64 bits per heavy atom. The second-order valence-electron chi connectivity index (χ2n) is 2.98. The van der Waals surface area contributed by atoms with Crippen LogP contribution in [0.4, 0.5) is 0 Å². The van der Waals surface area contributed by atoms with Gasteiger partial charge in [0, 0.05) is 0 Å². The molecule has 0 aliphatic heterocycles. The van der Waals surface area contributed by atoms with Gasteiger partial charge in [-0.2, -0.15) is 0 Å². The lowest BCUT2D eigenvalue weighted by Crippen LogP contribution is -2.12. The zero-order valence-electron chi connectivity index (χ0n) is 8.54. The summed E-state index contributed by atoms with van der Waals surface area (Å²) in [6.45, 7) is 4.66. The molecule has 2 nitrogen and oxygen atoms in total. The summed E-state index contributed by atoms with van der Waals surface area (Å²) in [6, 6.07) is 5.96. The summed E-state index contributed by atoms with van der Waals surface area (Å²) in [6.07, 6.45) is 0.974. The van der Waals surface area contributed by atoms with Gasteiger partial charge in [0.1, 0.15) is 10.7 Å². The van der Waals surface area contributed by atoms with Crippen molar-refractivity contribution in [1.82, 2.24) is 0 Å². The smallest absolute Gasteiger partial charge is 0.129 e. The Labute approximate surface area is 90.1 Å². The predicted octanol–water partition coefficient (Wildman–Crippen LogP) is 2.28. The molecular formula is C11H15NOS. The molecule has 1 aromatic rings. The maximum Gasteiger partial charge on any atom is 0.129 e. The van der Waals surface area contributed by atoms with E-state index in [1.165, 1.54) is 5.56 Å². The second-order valence-corrected chi connectivity index (χ2v) is 3.42. The lowest BCUT2D eigenvalue weighted by Gasteiger charge is -2.10. The molecule has 0 saturated carbocycles. The molecule has 0 aromatic heterocycles. The standard InChI is InChI=1S/C11H15NOS/c1-3-8-5-6-10(13-4-2)9(7-8)11(12)14/h5-7H,3-4H2,1-2H3,(H2,12,14). The third-order valence-electron chi connectivity index (χ3n) is 2.02. The molecule has 0 aliphatic carbocycles. The average molecular weight is 209 g/mol. The van der Waals surface area contributed by atoms with Crippen molar-refractivity contribution in [1.29, 1.82) is 0 Å². The van der Waals surface area contributed by atoms with Crippen LogP contribution in [-0.2, 0) is 6.42 Å². The van der Waals surface area contributed by atoms with E-state index in [0.717, 1.165) is 17.7 Å². The van der Waals surface area contributed by atoms with Crippen LogP contribution in [0.25, 0.3) is 0 Å². The molecule has 0 unspecified atom stereocenters. The third-order valence-corrected chi connectivity index (χ3v) is 2.24. The molecule has 3 heteroatoms. The van der Waals surface area contributed by atoms with E-state index in [1.54, 1.807) is 0 Å². The number of aryl methyl sites for hydroxylation is 1. The van der Waals surface area contributed by atoms with Crippen LogP contribution >= 0.6 is 12.2 Å². The fourth-order valence-electron chi connectivity index (χ4n) is 1.27. The molecule has 0 spiro atoms. The van der Waals surface area contributed by atoms with Crippen LogP contribution in [-0.4, -0.2) is 11.6 Å². The van der Waals surface area contributed by atoms with Gasteiger partial charge in [0.2, 0.25) is 0 Å². The van der Waals surface area contributed by atoms with Gasteiger partial charge in [-0.1, -0.05) is 25.2 Å². The van der Waals surface area contributed by atoms with Gasteiger partial charge in [0.25, 0.3) is 0 Å². The molecule has 0 fully saturated rings. The minimum Gasteiger partial charge on any atom is -0.493 e. The Bertz CT molecular complexity index is 336. The van der Waals surface area contributed by atoms with E-state index in [1.807, 2.05) is 25.1 Å². The molecule has 1 aromatic carbocycles. The monoisotopic (exact) mass is 209 g/mol. The highest BCUT2D eigenvalue weighted by Crippen LogP contribution is 2.20. The lowest BCUT2D eigenvalue weighted by molar-refractivity contribution is 0.339. The van der Waals surface area contributed by atoms with Gasteiger partial charge in [-0.05, 0) is 31.0 Å². The van der Waals surface area contributed by atoms with Crippen molar-refractivity contribution < 1.29 is 4.74 Å². The van der Waals surface area contributed by atoms with E-state index in [2.05, 4.69) is 6.92 Å². The zero-order valence-corrected chi connectivity index (χ0v) is 9.36. The number of rotatable bonds is 4. The van der Waals surface area contributed by atoms with Crippen molar-refractivity contribution in [2.75, 3.05) is 6.61 Å². The topological polar surface area (TPSA) is 35.2 Å². The molecule has 76 valence electrons. The Hall–Kier alpha value is -1.09. The number of nitrogens with two attached hydrogens (primary N) is 1. The highest BCUT2D eigenvalue weighted by molar-refractivity contribution is 7.80. The summed E-state index contributed by atoms with van der Waals surface area (Å²) in [7, 11) is 0. The van der Waals surface area contributed by atoms with Crippen LogP contribution in [0, 0.1) is 0 Å². The highest BCUT2D eigenvalue weighted by atomic mass is 32.1. The van der Waals surface area contributed by atoms with Crippen LogP contribution in [0.2, 0.25) is 0 Å². The first-order valence-corrected chi connectivity index (χ1v) is 5.15. The van der Waals surface area contributed by atoms with Crippen molar-refractivity contribution in [2.24, 2.45) is 5.73 Å². The molecule has 0 amide bonds. The molecule has 0 heterocycles. The molecule has 14 heavy (non-hydrogen) atoms. The number of hydrogen-bond donors (Lipinski definition) is 1. The van der Waals surface area contributed by atoms with Crippen molar-refractivity contribution in [3.05, 3.63) is 29.3 Å². The Morgan fingerprint density at radius 2 is 2.14 bits per heavy atom.